The summed E-state index contributed by atoms with van der Waals surface area (Å²) in [4.78, 5) is 27.7. The normalized spacial score (nSPS) is 17.8. The summed E-state index contributed by atoms with van der Waals surface area (Å²) in [7, 11) is 0. The number of anilines is 1. The van der Waals surface area contributed by atoms with Gasteiger partial charge >= 0.3 is 0 Å². The van der Waals surface area contributed by atoms with E-state index in [1.165, 1.54) is 0 Å². The number of piperazine rings is 1. The maximum absolute atomic E-state index is 14.2. The Morgan fingerprint density at radius 1 is 0.923 bits per heavy atom. The molecule has 0 saturated carbocycles. The van der Waals surface area contributed by atoms with Crippen LogP contribution in [-0.4, -0.2) is 77.3 Å². The van der Waals surface area contributed by atoms with Crippen molar-refractivity contribution in [1.29, 1.82) is 0 Å². The van der Waals surface area contributed by atoms with Crippen molar-refractivity contribution in [1.82, 2.24) is 24.8 Å². The minimum absolute atomic E-state index is 0.0237. The van der Waals surface area contributed by atoms with Gasteiger partial charge in [0, 0.05) is 67.6 Å². The van der Waals surface area contributed by atoms with Gasteiger partial charge in [-0.25, -0.2) is 4.98 Å². The number of ether oxygens (including phenoxy) is 1. The molecule has 2 aromatic carbocycles. The summed E-state index contributed by atoms with van der Waals surface area (Å²) in [6.07, 6.45) is 5.29. The van der Waals surface area contributed by atoms with E-state index in [0.29, 0.717) is 12.2 Å². The Balaban J connectivity index is 1.33. The number of nitrogens with zero attached hydrogens (tertiary/aromatic N) is 5. The Labute approximate surface area is 229 Å². The van der Waals surface area contributed by atoms with Crippen molar-refractivity contribution in [2.75, 3.05) is 50.8 Å². The zero-order valence-corrected chi connectivity index (χ0v) is 22.1. The van der Waals surface area contributed by atoms with E-state index in [9.17, 15) is 4.79 Å². The molecule has 8 heteroatoms. The summed E-state index contributed by atoms with van der Waals surface area (Å²) in [5, 5.41) is 3.47. The number of imidazole rings is 1. The zero-order valence-electron chi connectivity index (χ0n) is 22.1. The van der Waals surface area contributed by atoms with Crippen molar-refractivity contribution in [3.8, 4) is 16.9 Å². The lowest BCUT2D eigenvalue weighted by atomic mass is 10.0. The summed E-state index contributed by atoms with van der Waals surface area (Å²) in [5.41, 5.74) is 5.45. The number of aryl methyl sites for hydroxylation is 1. The van der Waals surface area contributed by atoms with Gasteiger partial charge in [0.15, 0.2) is 5.69 Å². The molecule has 0 spiro atoms. The third kappa shape index (κ3) is 5.57. The van der Waals surface area contributed by atoms with E-state index in [0.717, 1.165) is 80.6 Å². The molecule has 6 rings (SSSR count). The van der Waals surface area contributed by atoms with Crippen LogP contribution in [-0.2, 0) is 11.2 Å². The predicted molar refractivity (Wildman–Crippen MR) is 152 cm³/mol. The van der Waals surface area contributed by atoms with E-state index in [4.69, 9.17) is 9.72 Å². The van der Waals surface area contributed by atoms with Gasteiger partial charge in [0.2, 0.25) is 0 Å². The highest BCUT2D eigenvalue weighted by Gasteiger charge is 2.31. The maximum atomic E-state index is 14.2. The summed E-state index contributed by atoms with van der Waals surface area (Å²) >= 11 is 0. The number of benzene rings is 2. The summed E-state index contributed by atoms with van der Waals surface area (Å²) in [6.45, 7) is 5.39. The monoisotopic (exact) mass is 522 g/mol. The molecular weight excluding hydrogens is 488 g/mol. The second kappa shape index (κ2) is 11.8. The van der Waals surface area contributed by atoms with Crippen LogP contribution in [0.15, 0.2) is 85.3 Å². The van der Waals surface area contributed by atoms with Crippen LogP contribution in [0.5, 0.6) is 0 Å². The molecule has 4 aromatic rings. The first-order valence-electron chi connectivity index (χ1n) is 13.8. The fraction of sp³-hybridized carbons (Fsp3) is 0.323. The summed E-state index contributed by atoms with van der Waals surface area (Å²) < 4.78 is 7.60. The predicted octanol–water partition coefficient (Wildman–Crippen LogP) is 3.82. The first kappa shape index (κ1) is 25.3. The van der Waals surface area contributed by atoms with E-state index in [-0.39, 0.29) is 11.9 Å². The topological polar surface area (TPSA) is 75.5 Å². The maximum Gasteiger partial charge on any atom is 0.275 e. The number of morpholine rings is 1. The Bertz CT molecular complexity index is 1380. The van der Waals surface area contributed by atoms with Crippen molar-refractivity contribution < 1.29 is 9.53 Å². The Kier molecular flexibility index (Phi) is 7.65. The highest BCUT2D eigenvalue weighted by atomic mass is 16.5. The molecule has 2 aliphatic heterocycles. The molecule has 0 unspecified atom stereocenters. The van der Waals surface area contributed by atoms with E-state index in [1.54, 1.807) is 6.33 Å². The molecule has 39 heavy (non-hydrogen) atoms. The third-order valence-electron chi connectivity index (χ3n) is 7.57. The van der Waals surface area contributed by atoms with Crippen LogP contribution in [0, 0.1) is 0 Å². The second-order valence-corrected chi connectivity index (χ2v) is 10.0. The number of hydrogen-bond donors (Lipinski definition) is 1. The molecule has 1 atom stereocenters. The fourth-order valence-electron chi connectivity index (χ4n) is 5.52. The lowest BCUT2D eigenvalue weighted by molar-refractivity contribution is 0.0620. The summed E-state index contributed by atoms with van der Waals surface area (Å²) in [5.74, 6) is -0.0237. The van der Waals surface area contributed by atoms with Crippen LogP contribution in [0.25, 0.3) is 16.9 Å². The number of hydrogen-bond acceptors (Lipinski definition) is 6. The van der Waals surface area contributed by atoms with Crippen LogP contribution >= 0.6 is 0 Å². The molecule has 2 aliphatic rings. The van der Waals surface area contributed by atoms with E-state index in [2.05, 4.69) is 44.0 Å². The highest BCUT2D eigenvalue weighted by molar-refractivity contribution is 5.99. The average Bonchev–Trinajstić information content (AvgIpc) is 3.47. The molecule has 0 radical (unpaired) electrons. The molecule has 0 aliphatic carbocycles. The Morgan fingerprint density at radius 3 is 2.56 bits per heavy atom. The minimum Gasteiger partial charge on any atom is -0.378 e. The standard InChI is InChI=1S/C31H34N6O2/c38-31(36-16-15-32-22-28(36)13-12-25-9-4-5-14-33-25)29-30(24-7-2-1-3-8-24)37(23-34-29)27-11-6-10-26(21-27)35-17-19-39-20-18-35/h1-11,14,21,23,28,32H,12-13,15-20,22H2/t28-/m1/s1. The average molecular weight is 523 g/mol. The van der Waals surface area contributed by atoms with Crippen LogP contribution in [0.4, 0.5) is 5.69 Å². The first-order chi connectivity index (χ1) is 19.3. The van der Waals surface area contributed by atoms with Crippen LogP contribution < -0.4 is 10.2 Å². The van der Waals surface area contributed by atoms with Gasteiger partial charge in [0.25, 0.3) is 5.91 Å². The molecule has 1 amide bonds. The zero-order chi connectivity index (χ0) is 26.4. The van der Waals surface area contributed by atoms with Crippen molar-refractivity contribution in [3.63, 3.8) is 0 Å². The van der Waals surface area contributed by atoms with Crippen LogP contribution in [0.2, 0.25) is 0 Å². The number of carbonyl (C=O) groups is 1. The molecular formula is C31H34N6O2. The first-order valence-corrected chi connectivity index (χ1v) is 13.8. The van der Waals surface area contributed by atoms with E-state index < -0.39 is 0 Å². The quantitative estimate of drug-likeness (QED) is 0.398. The van der Waals surface area contributed by atoms with Crippen molar-refractivity contribution in [2.24, 2.45) is 0 Å². The molecule has 0 bridgehead atoms. The van der Waals surface area contributed by atoms with Crippen molar-refractivity contribution in [3.05, 3.63) is 96.7 Å². The molecule has 2 saturated heterocycles. The lowest BCUT2D eigenvalue weighted by Gasteiger charge is -2.36. The van der Waals surface area contributed by atoms with Crippen molar-refractivity contribution >= 4 is 11.6 Å². The van der Waals surface area contributed by atoms with Gasteiger partial charge in [-0.2, -0.15) is 0 Å². The van der Waals surface area contributed by atoms with Gasteiger partial charge < -0.3 is 19.9 Å². The van der Waals surface area contributed by atoms with Gasteiger partial charge in [-0.15, -0.1) is 0 Å². The summed E-state index contributed by atoms with van der Waals surface area (Å²) in [6, 6.07) is 24.6. The van der Waals surface area contributed by atoms with Gasteiger partial charge in [-0.05, 0) is 43.2 Å². The van der Waals surface area contributed by atoms with Gasteiger partial charge in [0.1, 0.15) is 6.33 Å². The second-order valence-electron chi connectivity index (χ2n) is 10.0. The van der Waals surface area contributed by atoms with Gasteiger partial charge in [-0.3, -0.25) is 14.3 Å². The third-order valence-corrected chi connectivity index (χ3v) is 7.57. The minimum atomic E-state index is -0.0237. The highest BCUT2D eigenvalue weighted by Crippen LogP contribution is 2.30. The number of nitrogens with one attached hydrogen (secondary N) is 1. The molecule has 8 nitrogen and oxygen atoms in total. The Hall–Kier alpha value is -4.01. The van der Waals surface area contributed by atoms with Crippen molar-refractivity contribution in [2.45, 2.75) is 18.9 Å². The molecule has 2 fully saturated rings. The van der Waals surface area contributed by atoms with Gasteiger partial charge in [0.05, 0.1) is 18.9 Å². The number of aromatic nitrogens is 3. The number of pyridine rings is 1. The largest absolute Gasteiger partial charge is 0.378 e. The molecule has 1 N–H and O–H groups in total. The van der Waals surface area contributed by atoms with E-state index >= 15 is 0 Å². The molecule has 200 valence electrons. The fourth-order valence-corrected chi connectivity index (χ4v) is 5.52. The Morgan fingerprint density at radius 2 is 1.74 bits per heavy atom. The lowest BCUT2D eigenvalue weighted by Crippen LogP contribution is -2.54. The number of rotatable bonds is 7. The van der Waals surface area contributed by atoms with Crippen LogP contribution in [0.3, 0.4) is 0 Å². The molecule has 4 heterocycles. The number of carbonyl (C=O) groups excluding carboxylic acids is 1. The van der Waals surface area contributed by atoms with Gasteiger partial charge in [-0.1, -0.05) is 42.5 Å². The SMILES string of the molecule is O=C(c1ncn(-c2cccc(N3CCOCC3)c2)c1-c1ccccc1)N1CCNC[C@H]1CCc1ccccn1. The van der Waals surface area contributed by atoms with E-state index in [1.807, 2.05) is 59.6 Å². The number of amides is 1. The molecule has 2 aromatic heterocycles. The smallest absolute Gasteiger partial charge is 0.275 e. The van der Waals surface area contributed by atoms with Crippen LogP contribution in [0.1, 0.15) is 22.6 Å².